The van der Waals surface area contributed by atoms with Crippen LogP contribution < -0.4 is 15.8 Å². The van der Waals surface area contributed by atoms with E-state index < -0.39 is 0 Å². The first kappa shape index (κ1) is 14.7. The zero-order chi connectivity index (χ0) is 14.4. The van der Waals surface area contributed by atoms with Gasteiger partial charge in [0.25, 0.3) is 5.91 Å². The van der Waals surface area contributed by atoms with Gasteiger partial charge in [-0.15, -0.1) is 0 Å². The number of carbonyl (C=O) groups is 1. The number of ether oxygens (including phenoxy) is 2. The minimum atomic E-state index is -0.117. The lowest BCUT2D eigenvalue weighted by Gasteiger charge is -2.17. The first-order chi connectivity index (χ1) is 9.69. The third-order valence-electron chi connectivity index (χ3n) is 3.54. The average molecular weight is 278 g/mol. The molecule has 1 saturated heterocycles. The lowest BCUT2D eigenvalue weighted by Crippen LogP contribution is -2.35. The molecule has 1 heterocycles. The fourth-order valence-electron chi connectivity index (χ4n) is 2.43. The van der Waals surface area contributed by atoms with Crippen molar-refractivity contribution in [2.24, 2.45) is 5.92 Å². The Labute approximate surface area is 119 Å². The second-order valence-electron chi connectivity index (χ2n) is 5.03. The Hall–Kier alpha value is -1.75. The van der Waals surface area contributed by atoms with Crippen LogP contribution >= 0.6 is 0 Å². The summed E-state index contributed by atoms with van der Waals surface area (Å²) in [5, 5.41) is 2.90. The van der Waals surface area contributed by atoms with Crippen molar-refractivity contribution in [1.29, 1.82) is 0 Å². The van der Waals surface area contributed by atoms with E-state index in [1.54, 1.807) is 24.3 Å². The largest absolute Gasteiger partial charge is 0.484 e. The summed E-state index contributed by atoms with van der Waals surface area (Å²) in [5.74, 6) is 0.904. The van der Waals surface area contributed by atoms with Crippen LogP contribution in [0, 0.1) is 5.92 Å². The molecule has 20 heavy (non-hydrogen) atoms. The number of hydrogen-bond acceptors (Lipinski definition) is 4. The smallest absolute Gasteiger partial charge is 0.257 e. The number of hydrogen-bond donors (Lipinski definition) is 2. The van der Waals surface area contributed by atoms with Gasteiger partial charge < -0.3 is 20.5 Å². The summed E-state index contributed by atoms with van der Waals surface area (Å²) in [4.78, 5) is 11.7. The molecular weight excluding hydrogens is 256 g/mol. The van der Waals surface area contributed by atoms with Gasteiger partial charge >= 0.3 is 0 Å². The number of nitrogens with one attached hydrogen (secondary N) is 1. The molecule has 0 aromatic heterocycles. The van der Waals surface area contributed by atoms with Crippen LogP contribution in [0.5, 0.6) is 5.75 Å². The van der Waals surface area contributed by atoms with Crippen molar-refractivity contribution in [3.05, 3.63) is 24.3 Å². The van der Waals surface area contributed by atoms with Crippen LogP contribution in [0.15, 0.2) is 24.3 Å². The number of nitrogen functional groups attached to an aromatic ring is 1. The summed E-state index contributed by atoms with van der Waals surface area (Å²) in [6, 6.07) is 7.05. The molecule has 0 radical (unpaired) electrons. The molecule has 2 atom stereocenters. The number of nitrogens with two attached hydrogens (primary N) is 1. The Morgan fingerprint density at radius 2 is 2.40 bits per heavy atom. The van der Waals surface area contributed by atoms with Gasteiger partial charge in [-0.25, -0.2) is 0 Å². The number of anilines is 1. The molecule has 0 aliphatic carbocycles. The van der Waals surface area contributed by atoms with E-state index in [-0.39, 0.29) is 18.6 Å². The van der Waals surface area contributed by atoms with Crippen LogP contribution in [-0.2, 0) is 9.53 Å². The monoisotopic (exact) mass is 278 g/mol. The van der Waals surface area contributed by atoms with Gasteiger partial charge in [0.1, 0.15) is 5.75 Å². The van der Waals surface area contributed by atoms with Crippen molar-refractivity contribution >= 4 is 11.6 Å². The van der Waals surface area contributed by atoms with Crippen molar-refractivity contribution in [1.82, 2.24) is 5.32 Å². The van der Waals surface area contributed by atoms with E-state index in [1.807, 2.05) is 0 Å². The van der Waals surface area contributed by atoms with Gasteiger partial charge in [-0.3, -0.25) is 4.79 Å². The summed E-state index contributed by atoms with van der Waals surface area (Å²) in [5.41, 5.74) is 6.26. The van der Waals surface area contributed by atoms with Crippen LogP contribution in [0.1, 0.15) is 19.8 Å². The molecular formula is C15H22N2O3. The van der Waals surface area contributed by atoms with Gasteiger partial charge in [0.15, 0.2) is 6.61 Å². The molecule has 110 valence electrons. The molecule has 1 aliphatic heterocycles. The van der Waals surface area contributed by atoms with E-state index in [0.717, 1.165) is 19.4 Å². The normalized spacial score (nSPS) is 21.6. The quantitative estimate of drug-likeness (QED) is 0.775. The lowest BCUT2D eigenvalue weighted by atomic mass is 10.00. The maximum absolute atomic E-state index is 11.7. The molecule has 0 bridgehead atoms. The first-order valence-corrected chi connectivity index (χ1v) is 7.05. The van der Waals surface area contributed by atoms with Crippen LogP contribution in [0.3, 0.4) is 0 Å². The third-order valence-corrected chi connectivity index (χ3v) is 3.54. The van der Waals surface area contributed by atoms with Gasteiger partial charge in [-0.2, -0.15) is 0 Å². The van der Waals surface area contributed by atoms with Gasteiger partial charge in [-0.1, -0.05) is 13.0 Å². The fourth-order valence-corrected chi connectivity index (χ4v) is 2.43. The summed E-state index contributed by atoms with van der Waals surface area (Å²) in [7, 11) is 0. The molecule has 1 amide bonds. The maximum Gasteiger partial charge on any atom is 0.257 e. The first-order valence-electron chi connectivity index (χ1n) is 7.05. The third kappa shape index (κ3) is 4.13. The Morgan fingerprint density at radius 3 is 3.15 bits per heavy atom. The number of carbonyl (C=O) groups excluding carboxylic acids is 1. The number of amides is 1. The molecule has 1 aromatic carbocycles. The van der Waals surface area contributed by atoms with E-state index in [1.165, 1.54) is 0 Å². The van der Waals surface area contributed by atoms with Crippen molar-refractivity contribution in [3.63, 3.8) is 0 Å². The van der Waals surface area contributed by atoms with Crippen LogP contribution in [-0.4, -0.2) is 31.8 Å². The second kappa shape index (κ2) is 7.14. The predicted molar refractivity (Wildman–Crippen MR) is 77.5 cm³/mol. The number of rotatable bonds is 6. The Kier molecular flexibility index (Phi) is 5.24. The molecule has 1 fully saturated rings. The Morgan fingerprint density at radius 1 is 1.55 bits per heavy atom. The van der Waals surface area contributed by atoms with Crippen molar-refractivity contribution < 1.29 is 14.3 Å². The summed E-state index contributed by atoms with van der Waals surface area (Å²) >= 11 is 0. The summed E-state index contributed by atoms with van der Waals surface area (Å²) in [6.07, 6.45) is 2.26. The minimum absolute atomic E-state index is 0.00776. The molecule has 3 N–H and O–H groups in total. The Bertz CT molecular complexity index is 450. The Balaban J connectivity index is 1.70. The highest BCUT2D eigenvalue weighted by molar-refractivity contribution is 5.77. The van der Waals surface area contributed by atoms with Gasteiger partial charge in [0, 0.05) is 30.8 Å². The molecule has 1 aliphatic rings. The van der Waals surface area contributed by atoms with Gasteiger partial charge in [0.05, 0.1) is 6.10 Å². The highest BCUT2D eigenvalue weighted by Gasteiger charge is 2.26. The molecule has 0 saturated carbocycles. The van der Waals surface area contributed by atoms with Crippen molar-refractivity contribution in [2.45, 2.75) is 25.9 Å². The molecule has 5 nitrogen and oxygen atoms in total. The maximum atomic E-state index is 11.7. The summed E-state index contributed by atoms with van der Waals surface area (Å²) in [6.45, 7) is 3.55. The average Bonchev–Trinajstić information content (AvgIpc) is 2.90. The van der Waals surface area contributed by atoms with E-state index in [0.29, 0.717) is 23.9 Å². The molecule has 2 unspecified atom stereocenters. The standard InChI is InChI=1S/C15H22N2O3/c1-2-14-11(6-7-19-14)9-17-15(18)10-20-13-5-3-4-12(16)8-13/h3-5,8,11,14H,2,6-7,9-10,16H2,1H3,(H,17,18). The predicted octanol–water partition coefficient (Wildman–Crippen LogP) is 1.58. The zero-order valence-electron chi connectivity index (χ0n) is 11.8. The topological polar surface area (TPSA) is 73.6 Å². The van der Waals surface area contributed by atoms with E-state index >= 15 is 0 Å². The highest BCUT2D eigenvalue weighted by Crippen LogP contribution is 2.22. The van der Waals surface area contributed by atoms with E-state index in [2.05, 4.69) is 12.2 Å². The van der Waals surface area contributed by atoms with Crippen LogP contribution in [0.25, 0.3) is 0 Å². The van der Waals surface area contributed by atoms with Crippen LogP contribution in [0.2, 0.25) is 0 Å². The van der Waals surface area contributed by atoms with Gasteiger partial charge in [0.2, 0.25) is 0 Å². The van der Waals surface area contributed by atoms with E-state index in [9.17, 15) is 4.79 Å². The highest BCUT2D eigenvalue weighted by atomic mass is 16.5. The molecule has 5 heteroatoms. The zero-order valence-corrected chi connectivity index (χ0v) is 11.8. The lowest BCUT2D eigenvalue weighted by molar-refractivity contribution is -0.123. The van der Waals surface area contributed by atoms with Crippen molar-refractivity contribution in [3.8, 4) is 5.75 Å². The molecule has 1 aromatic rings. The fraction of sp³-hybridized carbons (Fsp3) is 0.533. The van der Waals surface area contributed by atoms with Crippen LogP contribution in [0.4, 0.5) is 5.69 Å². The molecule has 2 rings (SSSR count). The van der Waals surface area contributed by atoms with Crippen molar-refractivity contribution in [2.75, 3.05) is 25.5 Å². The van der Waals surface area contributed by atoms with E-state index in [4.69, 9.17) is 15.2 Å². The molecule has 0 spiro atoms. The summed E-state index contributed by atoms with van der Waals surface area (Å²) < 4.78 is 11.0. The second-order valence-corrected chi connectivity index (χ2v) is 5.03. The number of benzene rings is 1. The SMILES string of the molecule is CCC1OCCC1CNC(=O)COc1cccc(N)c1. The minimum Gasteiger partial charge on any atom is -0.484 e. The van der Waals surface area contributed by atoms with Gasteiger partial charge in [-0.05, 0) is 25.0 Å².